The molecule has 3 N–H and O–H groups in total. The van der Waals surface area contributed by atoms with Gasteiger partial charge in [-0.15, -0.1) is 0 Å². The van der Waals surface area contributed by atoms with Gasteiger partial charge in [-0.2, -0.15) is 5.26 Å². The van der Waals surface area contributed by atoms with E-state index < -0.39 is 18.0 Å². The third kappa shape index (κ3) is 2.08. The average Bonchev–Trinajstić information content (AvgIpc) is 2.16. The van der Waals surface area contributed by atoms with Gasteiger partial charge in [0.05, 0.1) is 23.8 Å². The maximum Gasteiger partial charge on any atom is 0.124 e. The van der Waals surface area contributed by atoms with Crippen molar-refractivity contribution in [3.05, 3.63) is 35.1 Å². The number of hydrogen-bond acceptors (Lipinski definition) is 3. The van der Waals surface area contributed by atoms with Gasteiger partial charge in [0, 0.05) is 0 Å². The van der Waals surface area contributed by atoms with Crippen LogP contribution in [0.3, 0.4) is 0 Å². The summed E-state index contributed by atoms with van der Waals surface area (Å²) in [4.78, 5) is 0. The minimum Gasteiger partial charge on any atom is -0.391 e. The lowest BCUT2D eigenvalue weighted by molar-refractivity contribution is 0.164. The van der Waals surface area contributed by atoms with E-state index in [1.54, 1.807) is 0 Å². The number of hydrogen-bond donors (Lipinski definition) is 2. The first-order valence-corrected chi connectivity index (χ1v) is 4.19. The van der Waals surface area contributed by atoms with Crippen LogP contribution in [-0.4, -0.2) is 11.2 Å². The van der Waals surface area contributed by atoms with Crippen LogP contribution >= 0.6 is 0 Å². The second-order valence-corrected chi connectivity index (χ2v) is 3.11. The first-order chi connectivity index (χ1) is 6.56. The number of halogens is 1. The Morgan fingerprint density at radius 1 is 1.57 bits per heavy atom. The Balaban J connectivity index is 3.16. The molecular weight excluding hydrogens is 183 g/mol. The van der Waals surface area contributed by atoms with Crippen LogP contribution in [0.2, 0.25) is 0 Å². The summed E-state index contributed by atoms with van der Waals surface area (Å²) in [6.45, 7) is 1.52. The van der Waals surface area contributed by atoms with Crippen LogP contribution in [0.25, 0.3) is 0 Å². The van der Waals surface area contributed by atoms with Crippen molar-refractivity contribution in [2.45, 2.75) is 19.1 Å². The zero-order valence-corrected chi connectivity index (χ0v) is 7.74. The molecular formula is C10H11FN2O. The molecule has 0 aliphatic carbocycles. The lowest BCUT2D eigenvalue weighted by Gasteiger charge is -2.16. The van der Waals surface area contributed by atoms with Crippen molar-refractivity contribution < 1.29 is 9.50 Å². The van der Waals surface area contributed by atoms with E-state index in [2.05, 4.69) is 0 Å². The number of nitrogens with two attached hydrogens (primary N) is 1. The summed E-state index contributed by atoms with van der Waals surface area (Å²) < 4.78 is 12.7. The third-order valence-electron chi connectivity index (χ3n) is 2.01. The molecule has 0 fully saturated rings. The molecule has 0 spiro atoms. The number of benzene rings is 1. The predicted molar refractivity (Wildman–Crippen MR) is 49.7 cm³/mol. The van der Waals surface area contributed by atoms with Crippen LogP contribution in [0.5, 0.6) is 0 Å². The van der Waals surface area contributed by atoms with E-state index >= 15 is 0 Å². The molecule has 74 valence electrons. The summed E-state index contributed by atoms with van der Waals surface area (Å²) in [6.07, 6.45) is -0.771. The maximum atomic E-state index is 12.7. The van der Waals surface area contributed by atoms with E-state index in [4.69, 9.17) is 11.0 Å². The van der Waals surface area contributed by atoms with Crippen molar-refractivity contribution in [3.8, 4) is 6.07 Å². The highest BCUT2D eigenvalue weighted by atomic mass is 19.1. The van der Waals surface area contributed by atoms with Gasteiger partial charge in [0.15, 0.2) is 0 Å². The van der Waals surface area contributed by atoms with Gasteiger partial charge in [-0.1, -0.05) is 6.07 Å². The SMILES string of the molecule is C[C@H](O)[C@@H](N)c1ccc(F)cc1C#N. The van der Waals surface area contributed by atoms with Crippen molar-refractivity contribution in [3.63, 3.8) is 0 Å². The molecule has 0 aromatic heterocycles. The van der Waals surface area contributed by atoms with Gasteiger partial charge in [0.25, 0.3) is 0 Å². The van der Waals surface area contributed by atoms with Crippen molar-refractivity contribution in [2.24, 2.45) is 5.73 Å². The fourth-order valence-electron chi connectivity index (χ4n) is 1.18. The Bertz CT molecular complexity index is 371. The summed E-state index contributed by atoms with van der Waals surface area (Å²) in [5.41, 5.74) is 6.27. The summed E-state index contributed by atoms with van der Waals surface area (Å²) >= 11 is 0. The second-order valence-electron chi connectivity index (χ2n) is 3.11. The second kappa shape index (κ2) is 4.18. The number of aliphatic hydroxyl groups is 1. The molecule has 2 atom stereocenters. The highest BCUT2D eigenvalue weighted by molar-refractivity contribution is 5.40. The number of nitrogens with zero attached hydrogens (tertiary/aromatic N) is 1. The van der Waals surface area contributed by atoms with Crippen molar-refractivity contribution in [1.82, 2.24) is 0 Å². The van der Waals surface area contributed by atoms with Crippen molar-refractivity contribution >= 4 is 0 Å². The Labute approximate surface area is 81.6 Å². The van der Waals surface area contributed by atoms with Crippen LogP contribution in [0.1, 0.15) is 24.1 Å². The maximum absolute atomic E-state index is 12.7. The van der Waals surface area contributed by atoms with Crippen LogP contribution in [0.4, 0.5) is 4.39 Å². The molecule has 1 rings (SSSR count). The third-order valence-corrected chi connectivity index (χ3v) is 2.01. The molecule has 0 bridgehead atoms. The molecule has 0 radical (unpaired) electrons. The molecule has 1 aromatic rings. The summed E-state index contributed by atoms with van der Waals surface area (Å²) in [5.74, 6) is -0.483. The normalized spacial score (nSPS) is 14.5. The fraction of sp³-hybridized carbons (Fsp3) is 0.300. The van der Waals surface area contributed by atoms with Crippen LogP contribution in [0.15, 0.2) is 18.2 Å². The van der Waals surface area contributed by atoms with E-state index in [0.717, 1.165) is 6.07 Å². The van der Waals surface area contributed by atoms with Gasteiger partial charge in [0.2, 0.25) is 0 Å². The van der Waals surface area contributed by atoms with Crippen molar-refractivity contribution in [1.29, 1.82) is 5.26 Å². The lowest BCUT2D eigenvalue weighted by Crippen LogP contribution is -2.24. The monoisotopic (exact) mass is 194 g/mol. The Hall–Kier alpha value is -1.44. The number of rotatable bonds is 2. The van der Waals surface area contributed by atoms with Crippen LogP contribution in [0, 0.1) is 17.1 Å². The first kappa shape index (κ1) is 10.6. The van der Waals surface area contributed by atoms with E-state index in [1.165, 1.54) is 19.1 Å². The first-order valence-electron chi connectivity index (χ1n) is 4.19. The van der Waals surface area contributed by atoms with E-state index in [-0.39, 0.29) is 5.56 Å². The number of nitriles is 1. The number of aliphatic hydroxyl groups excluding tert-OH is 1. The fourth-order valence-corrected chi connectivity index (χ4v) is 1.18. The molecule has 0 saturated heterocycles. The van der Waals surface area contributed by atoms with E-state index in [9.17, 15) is 9.50 Å². The molecule has 0 aliphatic rings. The van der Waals surface area contributed by atoms with Gasteiger partial charge in [0.1, 0.15) is 5.82 Å². The molecule has 1 aromatic carbocycles. The van der Waals surface area contributed by atoms with Crippen molar-refractivity contribution in [2.75, 3.05) is 0 Å². The smallest absolute Gasteiger partial charge is 0.124 e. The van der Waals surface area contributed by atoms with Gasteiger partial charge in [-0.3, -0.25) is 0 Å². The zero-order chi connectivity index (χ0) is 10.7. The summed E-state index contributed by atoms with van der Waals surface area (Å²) in [6, 6.07) is 4.93. The highest BCUT2D eigenvalue weighted by Crippen LogP contribution is 2.19. The average molecular weight is 194 g/mol. The predicted octanol–water partition coefficient (Wildman–Crippen LogP) is 1.08. The summed E-state index contributed by atoms with van der Waals surface area (Å²) in [7, 11) is 0. The zero-order valence-electron chi connectivity index (χ0n) is 7.74. The van der Waals surface area contributed by atoms with E-state index in [1.807, 2.05) is 6.07 Å². The molecule has 0 amide bonds. The Morgan fingerprint density at radius 2 is 2.21 bits per heavy atom. The minimum atomic E-state index is -0.771. The molecule has 0 heterocycles. The molecule has 3 nitrogen and oxygen atoms in total. The Kier molecular flexibility index (Phi) is 3.18. The Morgan fingerprint density at radius 3 is 2.71 bits per heavy atom. The molecule has 14 heavy (non-hydrogen) atoms. The molecule has 0 aliphatic heterocycles. The standard InChI is InChI=1S/C10H11FN2O/c1-6(14)10(13)9-3-2-8(11)4-7(9)5-12/h2-4,6,10,14H,13H2,1H3/t6-,10+/m0/s1. The quantitative estimate of drug-likeness (QED) is 0.740. The molecule has 4 heteroatoms. The molecule has 0 unspecified atom stereocenters. The van der Waals surface area contributed by atoms with Crippen LogP contribution < -0.4 is 5.73 Å². The van der Waals surface area contributed by atoms with Gasteiger partial charge in [-0.25, -0.2) is 4.39 Å². The van der Waals surface area contributed by atoms with Crippen LogP contribution in [-0.2, 0) is 0 Å². The summed E-state index contributed by atoms with van der Waals surface area (Å²) in [5, 5.41) is 18.0. The largest absolute Gasteiger partial charge is 0.391 e. The minimum absolute atomic E-state index is 0.165. The van der Waals surface area contributed by atoms with Gasteiger partial charge < -0.3 is 10.8 Å². The lowest BCUT2D eigenvalue weighted by atomic mass is 9.98. The topological polar surface area (TPSA) is 70.0 Å². The highest BCUT2D eigenvalue weighted by Gasteiger charge is 2.16. The van der Waals surface area contributed by atoms with Gasteiger partial charge in [-0.05, 0) is 24.6 Å². The molecule has 0 saturated carbocycles. The van der Waals surface area contributed by atoms with Gasteiger partial charge >= 0.3 is 0 Å². The van der Waals surface area contributed by atoms with E-state index in [0.29, 0.717) is 5.56 Å².